The third-order valence-corrected chi connectivity index (χ3v) is 10.1. The number of methoxy groups -OCH3 is 1. The third kappa shape index (κ3) is 5.80. The Morgan fingerprint density at radius 3 is 2.44 bits per heavy atom. The predicted octanol–water partition coefficient (Wildman–Crippen LogP) is 7.20. The zero-order valence-electron chi connectivity index (χ0n) is 23.5. The van der Waals surface area contributed by atoms with Crippen molar-refractivity contribution in [1.82, 2.24) is 14.8 Å². The van der Waals surface area contributed by atoms with Gasteiger partial charge in [-0.1, -0.05) is 69.6 Å². The number of fused-ring (bicyclic) bond motifs is 1. The first-order valence-corrected chi connectivity index (χ1v) is 15.6. The Hall–Kier alpha value is -2.65. The molecule has 9 heteroatoms. The van der Waals surface area contributed by atoms with Crippen LogP contribution in [-0.2, 0) is 27.8 Å². The van der Waals surface area contributed by atoms with Crippen molar-refractivity contribution in [2.45, 2.75) is 101 Å². The van der Waals surface area contributed by atoms with Crippen LogP contribution < -0.4 is 5.32 Å². The van der Waals surface area contributed by atoms with E-state index in [4.69, 9.17) is 4.74 Å². The maximum atomic E-state index is 13.4. The van der Waals surface area contributed by atoms with Crippen LogP contribution in [0.15, 0.2) is 29.4 Å². The molecule has 0 spiro atoms. The van der Waals surface area contributed by atoms with Crippen LogP contribution >= 0.6 is 23.1 Å². The number of ether oxygens (including phenoxy) is 1. The van der Waals surface area contributed by atoms with Gasteiger partial charge in [-0.25, -0.2) is 4.79 Å². The summed E-state index contributed by atoms with van der Waals surface area (Å²) in [4.78, 5) is 27.2. The lowest BCUT2D eigenvalue weighted by atomic mass is 9.86. The first-order chi connectivity index (χ1) is 18.7. The van der Waals surface area contributed by atoms with Gasteiger partial charge < -0.3 is 10.1 Å². The number of hydrogen-bond donors (Lipinski definition) is 1. The summed E-state index contributed by atoms with van der Waals surface area (Å²) in [6.45, 7) is 8.52. The van der Waals surface area contributed by atoms with E-state index in [0.717, 1.165) is 60.6 Å². The van der Waals surface area contributed by atoms with E-state index in [2.05, 4.69) is 65.1 Å². The van der Waals surface area contributed by atoms with Crippen molar-refractivity contribution < 1.29 is 14.3 Å². The van der Waals surface area contributed by atoms with E-state index in [9.17, 15) is 9.59 Å². The Balaban J connectivity index is 1.39. The summed E-state index contributed by atoms with van der Waals surface area (Å²) >= 11 is 2.94. The molecule has 1 amide bonds. The van der Waals surface area contributed by atoms with Gasteiger partial charge in [-0.05, 0) is 62.0 Å². The lowest BCUT2D eigenvalue weighted by molar-refractivity contribution is -0.115. The quantitative estimate of drug-likeness (QED) is 0.240. The molecule has 5 rings (SSSR count). The van der Waals surface area contributed by atoms with Crippen molar-refractivity contribution in [3.63, 3.8) is 0 Å². The SMILES string of the molecule is COC(=O)c1c(NC(=O)C(C)Sc2nnc(-c3ccc(C(C)(C)C)cc3)n2C2CCCC2)sc2c1CCCC2. The smallest absolute Gasteiger partial charge is 0.341 e. The van der Waals surface area contributed by atoms with E-state index in [-0.39, 0.29) is 17.3 Å². The molecule has 3 aromatic rings. The average Bonchev–Trinajstić information content (AvgIpc) is 3.66. The zero-order valence-corrected chi connectivity index (χ0v) is 25.1. The Labute approximate surface area is 239 Å². The second kappa shape index (κ2) is 11.5. The molecule has 1 atom stereocenters. The molecule has 0 radical (unpaired) electrons. The van der Waals surface area contributed by atoms with Crippen molar-refractivity contribution in [3.8, 4) is 11.4 Å². The fourth-order valence-electron chi connectivity index (χ4n) is 5.56. The average molecular weight is 567 g/mol. The molecule has 2 aliphatic rings. The number of anilines is 1. The highest BCUT2D eigenvalue weighted by Crippen LogP contribution is 2.40. The minimum Gasteiger partial charge on any atom is -0.465 e. The second-order valence-corrected chi connectivity index (χ2v) is 14.0. The molecule has 1 aromatic carbocycles. The van der Waals surface area contributed by atoms with Crippen LogP contribution in [0.4, 0.5) is 5.00 Å². The molecule has 2 heterocycles. The topological polar surface area (TPSA) is 86.1 Å². The highest BCUT2D eigenvalue weighted by molar-refractivity contribution is 8.00. The van der Waals surface area contributed by atoms with E-state index in [1.165, 1.54) is 53.5 Å². The molecule has 1 fully saturated rings. The van der Waals surface area contributed by atoms with Crippen LogP contribution in [0.5, 0.6) is 0 Å². The number of nitrogens with zero attached hydrogens (tertiary/aromatic N) is 3. The maximum Gasteiger partial charge on any atom is 0.341 e. The van der Waals surface area contributed by atoms with Gasteiger partial charge in [0, 0.05) is 16.5 Å². The van der Waals surface area contributed by atoms with E-state index < -0.39 is 5.25 Å². The summed E-state index contributed by atoms with van der Waals surface area (Å²) < 4.78 is 7.32. The van der Waals surface area contributed by atoms with Crippen LogP contribution in [0.3, 0.4) is 0 Å². The molecule has 7 nitrogen and oxygen atoms in total. The number of thiophene rings is 1. The summed E-state index contributed by atoms with van der Waals surface area (Å²) in [6, 6.07) is 8.93. The van der Waals surface area contributed by atoms with Gasteiger partial charge in [0.2, 0.25) is 5.91 Å². The monoisotopic (exact) mass is 566 g/mol. The van der Waals surface area contributed by atoms with E-state index in [1.54, 1.807) is 0 Å². The van der Waals surface area contributed by atoms with Gasteiger partial charge in [0.25, 0.3) is 0 Å². The summed E-state index contributed by atoms with van der Waals surface area (Å²) in [5.74, 6) is 0.324. The number of hydrogen-bond acceptors (Lipinski definition) is 7. The number of carbonyl (C=O) groups is 2. The fourth-order valence-corrected chi connectivity index (χ4v) is 7.76. The van der Waals surface area contributed by atoms with Crippen molar-refractivity contribution in [2.75, 3.05) is 12.4 Å². The van der Waals surface area contributed by atoms with Gasteiger partial charge in [0.05, 0.1) is 17.9 Å². The van der Waals surface area contributed by atoms with E-state index in [1.807, 2.05) is 6.92 Å². The van der Waals surface area contributed by atoms with Crippen molar-refractivity contribution >= 4 is 40.0 Å². The molecule has 39 heavy (non-hydrogen) atoms. The molecule has 0 saturated heterocycles. The lowest BCUT2D eigenvalue weighted by Crippen LogP contribution is -2.24. The van der Waals surface area contributed by atoms with Crippen LogP contribution in [-0.4, -0.2) is 39.0 Å². The van der Waals surface area contributed by atoms with Gasteiger partial charge >= 0.3 is 5.97 Å². The standard InChI is InChI=1S/C30H38N4O3S2/c1-18(26(35)31-27-24(28(36)37-5)22-12-8-9-13-23(22)39-27)38-29-33-32-25(34(29)21-10-6-7-11-21)19-14-16-20(17-15-19)30(2,3)4/h14-18,21H,6-13H2,1-5H3,(H,31,35). The molecule has 1 unspecified atom stereocenters. The Morgan fingerprint density at radius 1 is 1.08 bits per heavy atom. The number of benzene rings is 1. The predicted molar refractivity (Wildman–Crippen MR) is 158 cm³/mol. The normalized spacial score (nSPS) is 16.6. The molecule has 208 valence electrons. The fraction of sp³-hybridized carbons (Fsp3) is 0.533. The summed E-state index contributed by atoms with van der Waals surface area (Å²) in [7, 11) is 1.39. The minimum absolute atomic E-state index is 0.0804. The first kappa shape index (κ1) is 27.9. The van der Waals surface area contributed by atoms with Crippen molar-refractivity contribution in [3.05, 3.63) is 45.8 Å². The van der Waals surface area contributed by atoms with Crippen LogP contribution in [0.25, 0.3) is 11.4 Å². The van der Waals surface area contributed by atoms with Gasteiger partial charge in [-0.2, -0.15) is 0 Å². The Kier molecular flexibility index (Phi) is 8.19. The summed E-state index contributed by atoms with van der Waals surface area (Å²) in [6.07, 6.45) is 8.48. The third-order valence-electron chi connectivity index (χ3n) is 7.81. The molecule has 2 aliphatic carbocycles. The van der Waals surface area contributed by atoms with Crippen molar-refractivity contribution in [2.24, 2.45) is 0 Å². The van der Waals surface area contributed by atoms with Gasteiger partial charge in [-0.15, -0.1) is 21.5 Å². The summed E-state index contributed by atoms with van der Waals surface area (Å²) in [5.41, 5.74) is 3.96. The Bertz CT molecular complexity index is 1350. The maximum absolute atomic E-state index is 13.4. The van der Waals surface area contributed by atoms with Gasteiger partial charge in [0.1, 0.15) is 5.00 Å². The van der Waals surface area contributed by atoms with Gasteiger partial charge in [-0.3, -0.25) is 9.36 Å². The highest BCUT2D eigenvalue weighted by atomic mass is 32.2. The number of thioether (sulfide) groups is 1. The van der Waals surface area contributed by atoms with Crippen LogP contribution in [0, 0.1) is 0 Å². The number of aryl methyl sites for hydroxylation is 1. The van der Waals surface area contributed by atoms with Crippen molar-refractivity contribution in [1.29, 1.82) is 0 Å². The second-order valence-electron chi connectivity index (χ2n) is 11.6. The number of aromatic nitrogens is 3. The number of esters is 1. The Morgan fingerprint density at radius 2 is 1.77 bits per heavy atom. The minimum atomic E-state index is -0.421. The van der Waals surface area contributed by atoms with E-state index in [0.29, 0.717) is 16.6 Å². The molecule has 1 N–H and O–H groups in total. The highest BCUT2D eigenvalue weighted by Gasteiger charge is 2.30. The molecular formula is C30H38N4O3S2. The molecule has 1 saturated carbocycles. The molecule has 0 aliphatic heterocycles. The zero-order chi connectivity index (χ0) is 27.7. The number of carbonyl (C=O) groups excluding carboxylic acids is 2. The van der Waals surface area contributed by atoms with Crippen LogP contribution in [0.2, 0.25) is 0 Å². The molecular weight excluding hydrogens is 528 g/mol. The van der Waals surface area contributed by atoms with E-state index >= 15 is 0 Å². The number of amides is 1. The number of nitrogens with one attached hydrogen (secondary N) is 1. The van der Waals surface area contributed by atoms with Gasteiger partial charge in [0.15, 0.2) is 11.0 Å². The number of rotatable bonds is 7. The summed E-state index contributed by atoms with van der Waals surface area (Å²) in [5, 5.41) is 13.2. The lowest BCUT2D eigenvalue weighted by Gasteiger charge is -2.20. The molecule has 2 aromatic heterocycles. The van der Waals surface area contributed by atoms with Crippen LogP contribution in [0.1, 0.15) is 98.6 Å². The molecule has 0 bridgehead atoms. The largest absolute Gasteiger partial charge is 0.465 e. The first-order valence-electron chi connectivity index (χ1n) is 13.9.